The van der Waals surface area contributed by atoms with E-state index in [0.29, 0.717) is 5.92 Å². The third kappa shape index (κ3) is 2.86. The van der Waals surface area contributed by atoms with Crippen LogP contribution in [0.2, 0.25) is 0 Å². The van der Waals surface area contributed by atoms with E-state index in [1.807, 2.05) is 12.1 Å². The van der Waals surface area contributed by atoms with Gasteiger partial charge in [0, 0.05) is 12.5 Å². The minimum atomic E-state index is 0.502. The van der Waals surface area contributed by atoms with E-state index in [9.17, 15) is 0 Å². The van der Waals surface area contributed by atoms with Crippen molar-refractivity contribution in [3.8, 4) is 0 Å². The second-order valence-corrected chi connectivity index (χ2v) is 4.07. The molecule has 0 bridgehead atoms. The van der Waals surface area contributed by atoms with Crippen molar-refractivity contribution in [1.82, 2.24) is 5.32 Å². The van der Waals surface area contributed by atoms with Crippen molar-refractivity contribution in [1.29, 1.82) is 0 Å². The van der Waals surface area contributed by atoms with Gasteiger partial charge >= 0.3 is 0 Å². The maximum atomic E-state index is 5.71. The number of rotatable bonds is 6. The smallest absolute Gasteiger partial charge is 0.104 e. The van der Waals surface area contributed by atoms with Crippen molar-refractivity contribution in [2.75, 3.05) is 13.1 Å². The Morgan fingerprint density at radius 1 is 1.57 bits per heavy atom. The monoisotopic (exact) mass is 194 g/mol. The normalized spacial score (nSPS) is 18.4. The summed E-state index contributed by atoms with van der Waals surface area (Å²) < 4.78 is 5.30. The lowest BCUT2D eigenvalue weighted by Crippen LogP contribution is -2.30. The number of nitrogens with two attached hydrogens (primary N) is 1. The van der Waals surface area contributed by atoms with Crippen molar-refractivity contribution < 1.29 is 4.42 Å². The molecule has 1 atom stereocenters. The van der Waals surface area contributed by atoms with Gasteiger partial charge in [-0.3, -0.25) is 0 Å². The van der Waals surface area contributed by atoms with Gasteiger partial charge in [0.25, 0.3) is 0 Å². The Hall–Kier alpha value is -0.800. The first-order valence-electron chi connectivity index (χ1n) is 5.34. The average Bonchev–Trinajstić information content (AvgIpc) is 2.90. The van der Waals surface area contributed by atoms with Crippen LogP contribution >= 0.6 is 0 Å². The highest BCUT2D eigenvalue weighted by molar-refractivity contribution is 4.99. The van der Waals surface area contributed by atoms with Crippen molar-refractivity contribution >= 4 is 0 Å². The summed E-state index contributed by atoms with van der Waals surface area (Å²) in [5.41, 5.74) is 5.71. The predicted octanol–water partition coefficient (Wildman–Crippen LogP) is 1.15. The third-order valence-electron chi connectivity index (χ3n) is 2.68. The van der Waals surface area contributed by atoms with Crippen LogP contribution in [0.15, 0.2) is 22.8 Å². The van der Waals surface area contributed by atoms with Crippen LogP contribution in [0.4, 0.5) is 0 Å². The van der Waals surface area contributed by atoms with Gasteiger partial charge in [-0.1, -0.05) is 0 Å². The predicted molar refractivity (Wildman–Crippen MR) is 56.0 cm³/mol. The molecule has 14 heavy (non-hydrogen) atoms. The zero-order chi connectivity index (χ0) is 9.80. The van der Waals surface area contributed by atoms with E-state index >= 15 is 0 Å². The van der Waals surface area contributed by atoms with Crippen LogP contribution in [0, 0.1) is 5.92 Å². The number of furan rings is 1. The molecule has 0 saturated heterocycles. The molecule has 0 aliphatic heterocycles. The maximum Gasteiger partial charge on any atom is 0.104 e. The third-order valence-corrected chi connectivity index (χ3v) is 2.68. The van der Waals surface area contributed by atoms with Crippen LogP contribution < -0.4 is 11.1 Å². The lowest BCUT2D eigenvalue weighted by molar-refractivity contribution is 0.421. The topological polar surface area (TPSA) is 51.2 Å². The fourth-order valence-corrected chi connectivity index (χ4v) is 1.57. The quantitative estimate of drug-likeness (QED) is 0.714. The van der Waals surface area contributed by atoms with Crippen molar-refractivity contribution in [2.45, 2.75) is 25.3 Å². The van der Waals surface area contributed by atoms with Gasteiger partial charge in [-0.25, -0.2) is 0 Å². The SMILES string of the molecule is NCC(CNC1CC1)Cc1ccco1. The largest absolute Gasteiger partial charge is 0.469 e. The molecule has 1 heterocycles. The first kappa shape index (κ1) is 9.74. The van der Waals surface area contributed by atoms with Crippen LogP contribution in [0.3, 0.4) is 0 Å². The summed E-state index contributed by atoms with van der Waals surface area (Å²) in [6.07, 6.45) is 5.33. The first-order chi connectivity index (χ1) is 6.88. The second-order valence-electron chi connectivity index (χ2n) is 4.07. The second kappa shape index (κ2) is 4.62. The molecule has 1 aromatic heterocycles. The zero-order valence-corrected chi connectivity index (χ0v) is 8.41. The van der Waals surface area contributed by atoms with Crippen LogP contribution in [0.1, 0.15) is 18.6 Å². The summed E-state index contributed by atoms with van der Waals surface area (Å²) in [4.78, 5) is 0. The molecule has 0 aromatic carbocycles. The first-order valence-corrected chi connectivity index (χ1v) is 5.34. The molecule has 1 unspecified atom stereocenters. The Labute approximate surface area is 84.7 Å². The van der Waals surface area contributed by atoms with Gasteiger partial charge < -0.3 is 15.5 Å². The van der Waals surface area contributed by atoms with Gasteiger partial charge in [0.1, 0.15) is 5.76 Å². The molecule has 2 rings (SSSR count). The molecule has 1 fully saturated rings. The summed E-state index contributed by atoms with van der Waals surface area (Å²) in [5, 5.41) is 3.50. The molecule has 0 radical (unpaired) electrons. The highest BCUT2D eigenvalue weighted by Gasteiger charge is 2.21. The van der Waals surface area contributed by atoms with Gasteiger partial charge in [0.15, 0.2) is 0 Å². The van der Waals surface area contributed by atoms with Crippen LogP contribution in [-0.2, 0) is 6.42 Å². The summed E-state index contributed by atoms with van der Waals surface area (Å²) in [7, 11) is 0. The van der Waals surface area contributed by atoms with E-state index in [2.05, 4.69) is 5.32 Å². The lowest BCUT2D eigenvalue weighted by Gasteiger charge is -2.13. The molecule has 3 heteroatoms. The maximum absolute atomic E-state index is 5.71. The van der Waals surface area contributed by atoms with E-state index in [1.54, 1.807) is 6.26 Å². The fraction of sp³-hybridized carbons (Fsp3) is 0.636. The van der Waals surface area contributed by atoms with Crippen molar-refractivity contribution in [2.24, 2.45) is 11.7 Å². The zero-order valence-electron chi connectivity index (χ0n) is 8.41. The lowest BCUT2D eigenvalue weighted by atomic mass is 10.0. The van der Waals surface area contributed by atoms with Gasteiger partial charge in [-0.15, -0.1) is 0 Å². The number of nitrogens with one attached hydrogen (secondary N) is 1. The Kier molecular flexibility index (Phi) is 3.22. The highest BCUT2D eigenvalue weighted by atomic mass is 16.3. The molecular weight excluding hydrogens is 176 g/mol. The molecule has 1 saturated carbocycles. The van der Waals surface area contributed by atoms with E-state index < -0.39 is 0 Å². The highest BCUT2D eigenvalue weighted by Crippen LogP contribution is 2.19. The summed E-state index contributed by atoms with van der Waals surface area (Å²) in [6, 6.07) is 4.71. The molecule has 0 amide bonds. The Morgan fingerprint density at radius 3 is 3.00 bits per heavy atom. The Morgan fingerprint density at radius 2 is 2.43 bits per heavy atom. The Balaban J connectivity index is 1.74. The number of hydrogen-bond donors (Lipinski definition) is 2. The van der Waals surface area contributed by atoms with Gasteiger partial charge in [-0.2, -0.15) is 0 Å². The van der Waals surface area contributed by atoms with Crippen molar-refractivity contribution in [3.05, 3.63) is 24.2 Å². The van der Waals surface area contributed by atoms with Crippen LogP contribution in [-0.4, -0.2) is 19.1 Å². The van der Waals surface area contributed by atoms with E-state index in [4.69, 9.17) is 10.2 Å². The van der Waals surface area contributed by atoms with Gasteiger partial charge in [0.05, 0.1) is 6.26 Å². The molecule has 78 valence electrons. The molecule has 3 N–H and O–H groups in total. The molecular formula is C11H18N2O. The fourth-order valence-electron chi connectivity index (χ4n) is 1.57. The molecule has 3 nitrogen and oxygen atoms in total. The standard InChI is InChI=1S/C11H18N2O/c12-7-9(8-13-10-3-4-10)6-11-2-1-5-14-11/h1-2,5,9-10,13H,3-4,6-8,12H2. The average molecular weight is 194 g/mol. The summed E-state index contributed by atoms with van der Waals surface area (Å²) >= 11 is 0. The number of hydrogen-bond acceptors (Lipinski definition) is 3. The molecule has 0 spiro atoms. The molecule has 1 aromatic rings. The van der Waals surface area contributed by atoms with Crippen LogP contribution in [0.25, 0.3) is 0 Å². The van der Waals surface area contributed by atoms with E-state index in [0.717, 1.165) is 31.3 Å². The van der Waals surface area contributed by atoms with Gasteiger partial charge in [-0.05, 0) is 44.0 Å². The Bertz CT molecular complexity index is 254. The van der Waals surface area contributed by atoms with Crippen LogP contribution in [0.5, 0.6) is 0 Å². The minimum Gasteiger partial charge on any atom is -0.469 e. The van der Waals surface area contributed by atoms with Gasteiger partial charge in [0.2, 0.25) is 0 Å². The van der Waals surface area contributed by atoms with E-state index in [-0.39, 0.29) is 0 Å². The molecule has 1 aliphatic carbocycles. The van der Waals surface area contributed by atoms with E-state index in [1.165, 1.54) is 12.8 Å². The molecule has 1 aliphatic rings. The summed E-state index contributed by atoms with van der Waals surface area (Å²) in [6.45, 7) is 1.74. The minimum absolute atomic E-state index is 0.502. The summed E-state index contributed by atoms with van der Waals surface area (Å²) in [5.74, 6) is 1.54. The van der Waals surface area contributed by atoms with Crippen molar-refractivity contribution in [3.63, 3.8) is 0 Å².